The summed E-state index contributed by atoms with van der Waals surface area (Å²) in [5.41, 5.74) is 3.32. The molecule has 14 heavy (non-hydrogen) atoms. The molecule has 0 aliphatic carbocycles. The van der Waals surface area contributed by atoms with E-state index < -0.39 is 0 Å². The average molecular weight is 192 g/mol. The van der Waals surface area contributed by atoms with E-state index in [9.17, 15) is 10.1 Å². The number of fused-ring (bicyclic) bond motifs is 1. The van der Waals surface area contributed by atoms with E-state index in [-0.39, 0.29) is 10.6 Å². The highest BCUT2D eigenvalue weighted by molar-refractivity contribution is 5.62. The predicted molar refractivity (Wildman–Crippen MR) is 54.6 cm³/mol. The van der Waals surface area contributed by atoms with Crippen molar-refractivity contribution >= 4 is 11.4 Å². The first-order valence-electron chi connectivity index (χ1n) is 4.70. The maximum atomic E-state index is 10.6. The molecule has 0 aromatic heterocycles. The van der Waals surface area contributed by atoms with Gasteiger partial charge in [0.1, 0.15) is 0 Å². The van der Waals surface area contributed by atoms with Crippen molar-refractivity contribution < 1.29 is 4.92 Å². The molecular formula is C10H12N2O2. The maximum absolute atomic E-state index is 10.6. The zero-order chi connectivity index (χ0) is 10.1. The highest BCUT2D eigenvalue weighted by Gasteiger charge is 2.16. The Labute approximate surface area is 82.1 Å². The molecule has 0 saturated carbocycles. The zero-order valence-electron chi connectivity index (χ0n) is 8.04. The fourth-order valence-corrected chi connectivity index (χ4v) is 1.89. The van der Waals surface area contributed by atoms with Crippen molar-refractivity contribution in [3.05, 3.63) is 33.4 Å². The van der Waals surface area contributed by atoms with Gasteiger partial charge in [-0.2, -0.15) is 0 Å². The van der Waals surface area contributed by atoms with E-state index in [1.54, 1.807) is 12.1 Å². The summed E-state index contributed by atoms with van der Waals surface area (Å²) in [6, 6.07) is 3.30. The molecule has 0 spiro atoms. The molecule has 4 heteroatoms. The lowest BCUT2D eigenvalue weighted by Gasteiger charge is -2.19. The summed E-state index contributed by atoms with van der Waals surface area (Å²) < 4.78 is 0. The molecule has 0 unspecified atom stereocenters. The van der Waals surface area contributed by atoms with E-state index in [1.807, 2.05) is 6.92 Å². The summed E-state index contributed by atoms with van der Waals surface area (Å²) >= 11 is 0. The Hall–Kier alpha value is -1.58. The summed E-state index contributed by atoms with van der Waals surface area (Å²) in [5, 5.41) is 13.9. The number of nitrogens with one attached hydrogen (secondary N) is 1. The number of rotatable bonds is 1. The van der Waals surface area contributed by atoms with Crippen LogP contribution in [0.1, 0.15) is 17.5 Å². The smallest absolute Gasteiger partial charge is 0.270 e. The molecule has 1 N–H and O–H groups in total. The number of nitro benzene ring substituents is 1. The Morgan fingerprint density at radius 2 is 2.29 bits per heavy atom. The van der Waals surface area contributed by atoms with Crippen molar-refractivity contribution in [3.8, 4) is 0 Å². The summed E-state index contributed by atoms with van der Waals surface area (Å²) in [7, 11) is 0. The van der Waals surface area contributed by atoms with Gasteiger partial charge in [-0.25, -0.2) is 0 Å². The molecule has 4 nitrogen and oxygen atoms in total. The number of hydrogen-bond donors (Lipinski definition) is 1. The molecule has 1 aliphatic heterocycles. The molecule has 1 aliphatic rings. The molecule has 74 valence electrons. The van der Waals surface area contributed by atoms with E-state index in [0.29, 0.717) is 0 Å². The normalized spacial score (nSPS) is 14.4. The third-order valence-electron chi connectivity index (χ3n) is 2.54. The largest absolute Gasteiger partial charge is 0.385 e. The molecule has 1 aromatic carbocycles. The van der Waals surface area contributed by atoms with Crippen molar-refractivity contribution in [1.82, 2.24) is 0 Å². The van der Waals surface area contributed by atoms with Crippen LogP contribution in [0.5, 0.6) is 0 Å². The van der Waals surface area contributed by atoms with Crippen molar-refractivity contribution in [2.45, 2.75) is 19.8 Å². The summed E-state index contributed by atoms with van der Waals surface area (Å²) in [6.07, 6.45) is 1.98. The predicted octanol–water partition coefficient (Wildman–Crippen LogP) is 2.26. The van der Waals surface area contributed by atoms with Gasteiger partial charge in [0, 0.05) is 24.4 Å². The van der Waals surface area contributed by atoms with Crippen LogP contribution in [0.15, 0.2) is 12.1 Å². The van der Waals surface area contributed by atoms with Crippen LogP contribution in [0, 0.1) is 17.0 Å². The van der Waals surface area contributed by atoms with Crippen molar-refractivity contribution in [1.29, 1.82) is 0 Å². The van der Waals surface area contributed by atoms with E-state index in [2.05, 4.69) is 5.32 Å². The summed E-state index contributed by atoms with van der Waals surface area (Å²) in [5.74, 6) is 0. The van der Waals surface area contributed by atoms with Gasteiger partial charge in [0.15, 0.2) is 0 Å². The first kappa shape index (κ1) is 8.99. The van der Waals surface area contributed by atoms with Gasteiger partial charge in [0.05, 0.1) is 4.92 Å². The van der Waals surface area contributed by atoms with Crippen LogP contribution >= 0.6 is 0 Å². The van der Waals surface area contributed by atoms with Crippen LogP contribution in [0.2, 0.25) is 0 Å². The van der Waals surface area contributed by atoms with Gasteiger partial charge >= 0.3 is 0 Å². The van der Waals surface area contributed by atoms with Crippen LogP contribution in [-0.2, 0) is 6.42 Å². The van der Waals surface area contributed by atoms with Gasteiger partial charge in [-0.3, -0.25) is 10.1 Å². The summed E-state index contributed by atoms with van der Waals surface area (Å²) in [4.78, 5) is 10.3. The molecule has 0 bridgehead atoms. The number of hydrogen-bond acceptors (Lipinski definition) is 3. The highest BCUT2D eigenvalue weighted by Crippen LogP contribution is 2.29. The number of nitro groups is 1. The maximum Gasteiger partial charge on any atom is 0.270 e. The second-order valence-electron chi connectivity index (χ2n) is 3.58. The highest BCUT2D eigenvalue weighted by atomic mass is 16.6. The number of anilines is 1. The molecule has 0 amide bonds. The minimum absolute atomic E-state index is 0.199. The Bertz CT molecular complexity index is 388. The molecule has 0 radical (unpaired) electrons. The summed E-state index contributed by atoms with van der Waals surface area (Å²) in [6.45, 7) is 2.87. The number of aryl methyl sites for hydroxylation is 2. The van der Waals surface area contributed by atoms with Gasteiger partial charge in [-0.05, 0) is 30.9 Å². The van der Waals surface area contributed by atoms with Crippen molar-refractivity contribution in [2.75, 3.05) is 11.9 Å². The van der Waals surface area contributed by atoms with E-state index in [4.69, 9.17) is 0 Å². The van der Waals surface area contributed by atoms with Gasteiger partial charge in [-0.1, -0.05) is 0 Å². The lowest BCUT2D eigenvalue weighted by Crippen LogP contribution is -2.13. The Balaban J connectivity index is 2.51. The molecule has 1 heterocycles. The van der Waals surface area contributed by atoms with E-state index in [0.717, 1.165) is 36.2 Å². The minimum Gasteiger partial charge on any atom is -0.385 e. The standard InChI is InChI=1S/C10H12N2O2/c1-7-5-9(12(13)14)6-8-3-2-4-11-10(7)8/h5-6,11H,2-4H2,1H3. The quantitative estimate of drug-likeness (QED) is 0.548. The molecule has 0 saturated heterocycles. The number of nitrogens with zero attached hydrogens (tertiary/aromatic N) is 1. The molecule has 2 rings (SSSR count). The Morgan fingerprint density at radius 1 is 1.50 bits per heavy atom. The molecule has 1 aromatic rings. The topological polar surface area (TPSA) is 55.2 Å². The first-order chi connectivity index (χ1) is 6.68. The number of benzene rings is 1. The zero-order valence-corrected chi connectivity index (χ0v) is 8.04. The lowest BCUT2D eigenvalue weighted by molar-refractivity contribution is -0.384. The molecule has 0 fully saturated rings. The van der Waals surface area contributed by atoms with E-state index >= 15 is 0 Å². The van der Waals surface area contributed by atoms with E-state index in [1.165, 1.54) is 0 Å². The monoisotopic (exact) mass is 192 g/mol. The Morgan fingerprint density at radius 3 is 3.00 bits per heavy atom. The van der Waals surface area contributed by atoms with Gasteiger partial charge in [0.25, 0.3) is 5.69 Å². The van der Waals surface area contributed by atoms with Gasteiger partial charge in [-0.15, -0.1) is 0 Å². The third kappa shape index (κ3) is 1.43. The van der Waals surface area contributed by atoms with Crippen LogP contribution < -0.4 is 5.32 Å². The average Bonchev–Trinajstić information content (AvgIpc) is 2.17. The van der Waals surface area contributed by atoms with Gasteiger partial charge in [0.2, 0.25) is 0 Å². The lowest BCUT2D eigenvalue weighted by atomic mass is 9.99. The van der Waals surface area contributed by atoms with Crippen LogP contribution in [-0.4, -0.2) is 11.5 Å². The third-order valence-corrected chi connectivity index (χ3v) is 2.54. The number of non-ortho nitro benzene ring substituents is 1. The molecule has 0 atom stereocenters. The SMILES string of the molecule is Cc1cc([N+](=O)[O-])cc2c1NCCC2. The fourth-order valence-electron chi connectivity index (χ4n) is 1.89. The second kappa shape index (κ2) is 3.29. The minimum atomic E-state index is -0.331. The van der Waals surface area contributed by atoms with Crippen LogP contribution in [0.3, 0.4) is 0 Å². The van der Waals surface area contributed by atoms with Crippen molar-refractivity contribution in [2.24, 2.45) is 0 Å². The Kier molecular flexibility index (Phi) is 2.11. The van der Waals surface area contributed by atoms with Gasteiger partial charge < -0.3 is 5.32 Å². The van der Waals surface area contributed by atoms with Crippen molar-refractivity contribution in [3.63, 3.8) is 0 Å². The fraction of sp³-hybridized carbons (Fsp3) is 0.400. The van der Waals surface area contributed by atoms with Crippen LogP contribution in [0.25, 0.3) is 0 Å². The van der Waals surface area contributed by atoms with Crippen LogP contribution in [0.4, 0.5) is 11.4 Å². The molecular weight excluding hydrogens is 180 g/mol. The first-order valence-corrected chi connectivity index (χ1v) is 4.70. The second-order valence-corrected chi connectivity index (χ2v) is 3.58.